The van der Waals surface area contributed by atoms with E-state index in [4.69, 9.17) is 9.47 Å². The van der Waals surface area contributed by atoms with Crippen molar-refractivity contribution in [2.24, 2.45) is 5.92 Å². The molecule has 2 aliphatic rings. The monoisotopic (exact) mass is 425 g/mol. The van der Waals surface area contributed by atoms with Crippen LogP contribution in [0.5, 0.6) is 0 Å². The number of thioether (sulfide) groups is 1. The van der Waals surface area contributed by atoms with E-state index in [0.717, 1.165) is 36.6 Å². The number of nitrogens with one attached hydrogen (secondary N) is 1. The van der Waals surface area contributed by atoms with E-state index in [1.165, 1.54) is 12.8 Å². The van der Waals surface area contributed by atoms with Gasteiger partial charge in [0.1, 0.15) is 6.10 Å². The van der Waals surface area contributed by atoms with Gasteiger partial charge in [-0.05, 0) is 38.5 Å². The third kappa shape index (κ3) is 7.79. The van der Waals surface area contributed by atoms with Crippen LogP contribution in [-0.4, -0.2) is 46.6 Å². The first kappa shape index (κ1) is 24.0. The minimum atomic E-state index is -1.49. The van der Waals surface area contributed by atoms with Crippen molar-refractivity contribution in [3.05, 3.63) is 23.8 Å². The van der Waals surface area contributed by atoms with Crippen LogP contribution in [0.3, 0.4) is 0 Å². The average molecular weight is 426 g/mol. The van der Waals surface area contributed by atoms with E-state index in [2.05, 4.69) is 31.3 Å². The van der Waals surface area contributed by atoms with Crippen molar-refractivity contribution in [1.82, 2.24) is 5.32 Å². The quantitative estimate of drug-likeness (QED) is 0.308. The molecule has 0 aromatic heterocycles. The number of rotatable bonds is 10. The predicted octanol–water partition coefficient (Wildman–Crippen LogP) is 4.33. The van der Waals surface area contributed by atoms with E-state index in [0.29, 0.717) is 18.1 Å². The molecule has 29 heavy (non-hydrogen) atoms. The Bertz CT molecular complexity index is 620. The molecule has 2 heterocycles. The van der Waals surface area contributed by atoms with Crippen LogP contribution in [0.2, 0.25) is 0 Å². The van der Waals surface area contributed by atoms with Crippen molar-refractivity contribution in [2.75, 3.05) is 12.4 Å². The Hall–Kier alpha value is -1.31. The molecule has 2 rings (SSSR count). The molecule has 2 N–H and O–H groups in total. The van der Waals surface area contributed by atoms with Crippen molar-refractivity contribution in [2.45, 2.75) is 83.6 Å². The fraction of sp³-hybridized carbons (Fsp3) is 0.727. The Kier molecular flexibility index (Phi) is 9.72. The molecule has 0 bridgehead atoms. The zero-order valence-corrected chi connectivity index (χ0v) is 18.6. The summed E-state index contributed by atoms with van der Waals surface area (Å²) in [5, 5.41) is 13.3. The van der Waals surface area contributed by atoms with Crippen molar-refractivity contribution in [3.8, 4) is 0 Å². The van der Waals surface area contributed by atoms with E-state index >= 15 is 0 Å². The summed E-state index contributed by atoms with van der Waals surface area (Å²) in [6, 6.07) is -0.481. The van der Waals surface area contributed by atoms with Crippen LogP contribution in [0.1, 0.15) is 65.7 Å². The first-order chi connectivity index (χ1) is 13.9. The highest BCUT2D eigenvalue weighted by Crippen LogP contribution is 2.32. The smallest absolute Gasteiger partial charge is 0.330 e. The Balaban J connectivity index is 1.78. The lowest BCUT2D eigenvalue weighted by atomic mass is 9.96. The fourth-order valence-corrected chi connectivity index (χ4v) is 4.59. The molecule has 2 fully saturated rings. The number of aliphatic hydroxyl groups is 1. The largest absolute Gasteiger partial charge is 0.459 e. The van der Waals surface area contributed by atoms with Crippen LogP contribution in [0.25, 0.3) is 0 Å². The second kappa shape index (κ2) is 11.8. The number of ether oxygens (including phenoxy) is 2. The number of allylic oxidation sites excluding steroid dienone is 3. The number of carbonyl (C=O) groups excluding carboxylic acids is 2. The number of hydrogen-bond donors (Lipinski definition) is 2. The van der Waals surface area contributed by atoms with Gasteiger partial charge in [0.2, 0.25) is 0 Å². The van der Waals surface area contributed by atoms with Crippen molar-refractivity contribution in [3.63, 3.8) is 0 Å². The summed E-state index contributed by atoms with van der Waals surface area (Å²) in [6.07, 6.45) is 11.6. The van der Waals surface area contributed by atoms with E-state index in [-0.39, 0.29) is 24.2 Å². The van der Waals surface area contributed by atoms with E-state index < -0.39 is 17.9 Å². The number of amides is 1. The van der Waals surface area contributed by atoms with Gasteiger partial charge in [-0.25, -0.2) is 4.79 Å². The lowest BCUT2D eigenvalue weighted by molar-refractivity contribution is -0.256. The van der Waals surface area contributed by atoms with Crippen LogP contribution in [0, 0.1) is 5.92 Å². The molecule has 0 unspecified atom stereocenters. The topological polar surface area (TPSA) is 84.9 Å². The molecule has 2 saturated heterocycles. The SMILES string of the molecule is CCC[C@@H](/C=C\CC/C(C)=C\C(=O)O[C@@H]1CCO[C@@](O)([C@@H]2CSC(=O)N2)C1)CC. The summed E-state index contributed by atoms with van der Waals surface area (Å²) in [5.74, 6) is -0.785. The summed E-state index contributed by atoms with van der Waals surface area (Å²) < 4.78 is 11.1. The molecule has 6 nitrogen and oxygen atoms in total. The third-order valence-corrected chi connectivity index (χ3v) is 6.35. The lowest BCUT2D eigenvalue weighted by Crippen LogP contribution is -2.56. The number of esters is 1. The highest BCUT2D eigenvalue weighted by atomic mass is 32.2. The van der Waals surface area contributed by atoms with Crippen LogP contribution in [0.15, 0.2) is 23.8 Å². The molecule has 0 aliphatic carbocycles. The van der Waals surface area contributed by atoms with Gasteiger partial charge in [-0.1, -0.05) is 49.8 Å². The van der Waals surface area contributed by atoms with Crippen LogP contribution in [-0.2, 0) is 14.3 Å². The molecule has 0 aromatic carbocycles. The summed E-state index contributed by atoms with van der Waals surface area (Å²) in [6.45, 7) is 6.64. The van der Waals surface area contributed by atoms with Gasteiger partial charge >= 0.3 is 5.97 Å². The molecular formula is C22H35NO5S. The minimum absolute atomic E-state index is 0.162. The Labute approximate surface area is 178 Å². The number of carbonyl (C=O) groups is 2. The van der Waals surface area contributed by atoms with Crippen LogP contribution >= 0.6 is 11.8 Å². The van der Waals surface area contributed by atoms with Gasteiger partial charge in [0, 0.05) is 24.7 Å². The van der Waals surface area contributed by atoms with Gasteiger partial charge in [0.15, 0.2) is 5.79 Å². The van der Waals surface area contributed by atoms with Crippen molar-refractivity contribution >= 4 is 23.0 Å². The van der Waals surface area contributed by atoms with Gasteiger partial charge in [-0.3, -0.25) is 4.79 Å². The maximum Gasteiger partial charge on any atom is 0.330 e. The van der Waals surface area contributed by atoms with Gasteiger partial charge in [0.25, 0.3) is 5.24 Å². The molecule has 164 valence electrons. The standard InChI is InChI=1S/C22H35NO5S/c1-4-8-17(5-2)10-7-6-9-16(3)13-20(24)28-18-11-12-27-22(26,14-18)19-15-29-21(25)23-19/h7,10,13,17-19,26H,4-6,8-9,11-12,14-15H2,1-3H3,(H,23,25)/b10-7-,16-13-/t17-,18+,19-,22+/m0/s1. The van der Waals surface area contributed by atoms with Crippen molar-refractivity contribution < 1.29 is 24.2 Å². The van der Waals surface area contributed by atoms with E-state index in [9.17, 15) is 14.7 Å². The highest BCUT2D eigenvalue weighted by molar-refractivity contribution is 8.14. The maximum atomic E-state index is 12.3. The lowest BCUT2D eigenvalue weighted by Gasteiger charge is -2.39. The van der Waals surface area contributed by atoms with E-state index in [1.807, 2.05) is 6.92 Å². The summed E-state index contributed by atoms with van der Waals surface area (Å²) in [5.41, 5.74) is 0.977. The fourth-order valence-electron chi connectivity index (χ4n) is 3.70. The van der Waals surface area contributed by atoms with Gasteiger partial charge in [-0.2, -0.15) is 0 Å². The molecular weight excluding hydrogens is 390 g/mol. The number of hydrogen-bond acceptors (Lipinski definition) is 6. The first-order valence-electron chi connectivity index (χ1n) is 10.7. The Morgan fingerprint density at radius 2 is 2.28 bits per heavy atom. The van der Waals surface area contributed by atoms with E-state index in [1.54, 1.807) is 6.08 Å². The average Bonchev–Trinajstić information content (AvgIpc) is 3.11. The predicted molar refractivity (Wildman–Crippen MR) is 116 cm³/mol. The van der Waals surface area contributed by atoms with Crippen molar-refractivity contribution in [1.29, 1.82) is 0 Å². The first-order valence-corrected chi connectivity index (χ1v) is 11.7. The molecule has 0 radical (unpaired) electrons. The summed E-state index contributed by atoms with van der Waals surface area (Å²) in [4.78, 5) is 23.7. The van der Waals surface area contributed by atoms with Crippen LogP contribution in [0.4, 0.5) is 4.79 Å². The van der Waals surface area contributed by atoms with Gasteiger partial charge < -0.3 is 19.9 Å². The van der Waals surface area contributed by atoms with Crippen LogP contribution < -0.4 is 5.32 Å². The second-order valence-electron chi connectivity index (χ2n) is 7.95. The third-order valence-electron chi connectivity index (χ3n) is 5.47. The molecule has 0 saturated carbocycles. The molecule has 7 heteroatoms. The summed E-state index contributed by atoms with van der Waals surface area (Å²) in [7, 11) is 0. The molecule has 0 spiro atoms. The second-order valence-corrected chi connectivity index (χ2v) is 8.95. The van der Waals surface area contributed by atoms with Gasteiger partial charge in [0.05, 0.1) is 12.6 Å². The maximum absolute atomic E-state index is 12.3. The Morgan fingerprint density at radius 1 is 1.48 bits per heavy atom. The Morgan fingerprint density at radius 3 is 2.93 bits per heavy atom. The highest BCUT2D eigenvalue weighted by Gasteiger charge is 2.46. The summed E-state index contributed by atoms with van der Waals surface area (Å²) >= 11 is 1.12. The normalized spacial score (nSPS) is 29.1. The zero-order chi connectivity index (χ0) is 21.3. The molecule has 1 amide bonds. The molecule has 2 aliphatic heterocycles. The zero-order valence-electron chi connectivity index (χ0n) is 17.8. The van der Waals surface area contributed by atoms with Gasteiger partial charge in [-0.15, -0.1) is 0 Å². The molecule has 0 aromatic rings. The molecule has 4 atom stereocenters. The minimum Gasteiger partial charge on any atom is -0.459 e.